The summed E-state index contributed by atoms with van der Waals surface area (Å²) in [6.45, 7) is 5.68. The third-order valence-electron chi connectivity index (χ3n) is 8.09. The summed E-state index contributed by atoms with van der Waals surface area (Å²) in [5, 5.41) is 3.09. The van der Waals surface area contributed by atoms with Crippen LogP contribution in [0.25, 0.3) is 6.08 Å². The molecular weight excluding hydrogens is 448 g/mol. The summed E-state index contributed by atoms with van der Waals surface area (Å²) in [5.41, 5.74) is 2.09. The molecule has 1 fully saturated rings. The smallest absolute Gasteiger partial charge is 0.242 e. The van der Waals surface area contributed by atoms with E-state index >= 15 is 0 Å². The van der Waals surface area contributed by atoms with Crippen molar-refractivity contribution in [2.75, 3.05) is 5.32 Å². The van der Waals surface area contributed by atoms with Gasteiger partial charge in [0.2, 0.25) is 5.91 Å². The number of fused-ring (bicyclic) bond motifs is 6. The number of Topliss-reactive ketones (excluding diaryl/α,β-unsaturated/α-hetero) is 2. The van der Waals surface area contributed by atoms with E-state index in [1.165, 1.54) is 0 Å². The highest BCUT2D eigenvalue weighted by molar-refractivity contribution is 6.14. The molecule has 3 aromatic carbocycles. The first-order valence-electron chi connectivity index (χ1n) is 12.4. The van der Waals surface area contributed by atoms with Gasteiger partial charge < -0.3 is 5.32 Å². The summed E-state index contributed by atoms with van der Waals surface area (Å²) in [7, 11) is 0. The summed E-state index contributed by atoms with van der Waals surface area (Å²) in [6, 6.07) is 23.6. The van der Waals surface area contributed by atoms with Crippen molar-refractivity contribution >= 4 is 29.2 Å². The number of quaternary nitrogens is 1. The van der Waals surface area contributed by atoms with Crippen molar-refractivity contribution in [3.63, 3.8) is 0 Å². The molecule has 3 aromatic rings. The van der Waals surface area contributed by atoms with E-state index in [9.17, 15) is 14.4 Å². The van der Waals surface area contributed by atoms with Gasteiger partial charge in [-0.05, 0) is 23.3 Å². The lowest BCUT2D eigenvalue weighted by Gasteiger charge is -2.34. The van der Waals surface area contributed by atoms with Gasteiger partial charge in [-0.3, -0.25) is 19.3 Å². The third-order valence-corrected chi connectivity index (χ3v) is 8.09. The number of hydrogen-bond donors (Lipinski definition) is 2. The van der Waals surface area contributed by atoms with E-state index in [4.69, 9.17) is 0 Å². The maximum atomic E-state index is 14.5. The monoisotopic (exact) mass is 477 g/mol. The summed E-state index contributed by atoms with van der Waals surface area (Å²) >= 11 is 0. The van der Waals surface area contributed by atoms with Gasteiger partial charge in [-0.1, -0.05) is 93.6 Å². The van der Waals surface area contributed by atoms with Crippen LogP contribution >= 0.6 is 0 Å². The van der Waals surface area contributed by atoms with E-state index in [-0.39, 0.29) is 17.5 Å². The van der Waals surface area contributed by atoms with E-state index in [2.05, 4.69) is 5.32 Å². The zero-order valence-electron chi connectivity index (χ0n) is 20.6. The van der Waals surface area contributed by atoms with Crippen molar-refractivity contribution in [3.8, 4) is 0 Å². The Morgan fingerprint density at radius 1 is 0.889 bits per heavy atom. The second-order valence-electron chi connectivity index (χ2n) is 11.1. The van der Waals surface area contributed by atoms with E-state index in [0.29, 0.717) is 11.3 Å². The molecule has 180 valence electrons. The molecule has 5 heteroatoms. The van der Waals surface area contributed by atoms with Gasteiger partial charge in [0.25, 0.3) is 0 Å². The van der Waals surface area contributed by atoms with Crippen LogP contribution in [0.5, 0.6) is 0 Å². The molecule has 1 unspecified atom stereocenters. The predicted octanol–water partition coefficient (Wildman–Crippen LogP) is 3.98. The van der Waals surface area contributed by atoms with Crippen LogP contribution in [0.1, 0.15) is 53.9 Å². The van der Waals surface area contributed by atoms with Crippen LogP contribution in [0.15, 0.2) is 85.1 Å². The predicted molar refractivity (Wildman–Crippen MR) is 138 cm³/mol. The third kappa shape index (κ3) is 2.96. The van der Waals surface area contributed by atoms with Gasteiger partial charge in [0.1, 0.15) is 17.4 Å². The number of rotatable bonds is 3. The quantitative estimate of drug-likeness (QED) is 0.561. The average molecular weight is 478 g/mol. The summed E-state index contributed by atoms with van der Waals surface area (Å²) in [5.74, 6) is -1.27. The Kier molecular flexibility index (Phi) is 4.92. The number of ketones is 2. The second-order valence-corrected chi connectivity index (χ2v) is 11.1. The van der Waals surface area contributed by atoms with Gasteiger partial charge in [0.15, 0.2) is 17.6 Å². The number of nitrogens with one attached hydrogen (secondary N) is 2. The summed E-state index contributed by atoms with van der Waals surface area (Å²) < 4.78 is 0. The molecule has 0 bridgehead atoms. The fourth-order valence-electron chi connectivity index (χ4n) is 6.62. The molecule has 2 N–H and O–H groups in total. The molecule has 6 rings (SSSR count). The van der Waals surface area contributed by atoms with Crippen molar-refractivity contribution in [3.05, 3.63) is 107 Å². The van der Waals surface area contributed by atoms with Crippen molar-refractivity contribution in [2.45, 2.75) is 38.3 Å². The van der Waals surface area contributed by atoms with Gasteiger partial charge in [0, 0.05) is 22.2 Å². The minimum Gasteiger partial charge on any atom is -0.325 e. The number of amides is 1. The molecule has 1 amide bonds. The van der Waals surface area contributed by atoms with Crippen LogP contribution in [0.3, 0.4) is 0 Å². The zero-order valence-corrected chi connectivity index (χ0v) is 20.6. The number of anilines is 1. The molecule has 3 aliphatic heterocycles. The Bertz CT molecular complexity index is 1440. The molecule has 36 heavy (non-hydrogen) atoms. The van der Waals surface area contributed by atoms with Crippen LogP contribution in [0.4, 0.5) is 5.69 Å². The Hall–Kier alpha value is -3.83. The van der Waals surface area contributed by atoms with Gasteiger partial charge >= 0.3 is 0 Å². The first-order valence-corrected chi connectivity index (χ1v) is 12.4. The largest absolute Gasteiger partial charge is 0.325 e. The molecular formula is C31H29N2O3+. The Balaban J connectivity index is 1.70. The van der Waals surface area contributed by atoms with E-state index in [1.54, 1.807) is 12.1 Å². The van der Waals surface area contributed by atoms with E-state index < -0.39 is 28.8 Å². The van der Waals surface area contributed by atoms with E-state index in [0.717, 1.165) is 21.6 Å². The van der Waals surface area contributed by atoms with Crippen molar-refractivity contribution in [2.24, 2.45) is 11.3 Å². The highest BCUT2D eigenvalue weighted by atomic mass is 16.2. The molecule has 3 aliphatic rings. The maximum Gasteiger partial charge on any atom is 0.242 e. The Morgan fingerprint density at radius 2 is 1.56 bits per heavy atom. The number of carbonyl (C=O) groups excluding carboxylic acids is 3. The van der Waals surface area contributed by atoms with Gasteiger partial charge in [0.05, 0.1) is 6.20 Å². The minimum atomic E-state index is -1.23. The van der Waals surface area contributed by atoms with E-state index in [1.807, 2.05) is 99.8 Å². The normalized spacial score (nSPS) is 27.8. The second kappa shape index (κ2) is 7.84. The van der Waals surface area contributed by atoms with Crippen LogP contribution in [-0.4, -0.2) is 23.5 Å². The van der Waals surface area contributed by atoms with Crippen molar-refractivity contribution in [1.29, 1.82) is 0 Å². The zero-order chi connectivity index (χ0) is 25.2. The Labute approximate surface area is 210 Å². The van der Waals surface area contributed by atoms with Crippen LogP contribution in [-0.2, 0) is 15.0 Å². The Morgan fingerprint density at radius 3 is 2.31 bits per heavy atom. The highest BCUT2D eigenvalue weighted by Gasteiger charge is 2.74. The lowest BCUT2D eigenvalue weighted by Crippen LogP contribution is -3.12. The highest BCUT2D eigenvalue weighted by Crippen LogP contribution is 2.56. The number of benzene rings is 3. The van der Waals surface area contributed by atoms with Crippen molar-refractivity contribution < 1.29 is 19.3 Å². The molecule has 5 nitrogen and oxygen atoms in total. The molecule has 0 saturated carbocycles. The molecule has 0 aliphatic carbocycles. The van der Waals surface area contributed by atoms with Crippen molar-refractivity contribution in [1.82, 2.24) is 0 Å². The number of hydrogen-bond acceptors (Lipinski definition) is 3. The van der Waals surface area contributed by atoms with Crippen LogP contribution in [0.2, 0.25) is 0 Å². The van der Waals surface area contributed by atoms with Gasteiger partial charge in [-0.25, -0.2) is 0 Å². The average Bonchev–Trinajstić information content (AvgIpc) is 3.35. The summed E-state index contributed by atoms with van der Waals surface area (Å²) in [4.78, 5) is 43.8. The standard InChI is InChI=1S/C31H28N2O3/c1-30(2,3)28(35)25-24(26(34)20-12-5-4-6-13-20)31(22-15-9-10-16-23(22)32-29(31)36)27-21-14-8-7-11-19(21)17-18-33(25)27/h4-18,24-25,27H,1-3H3,(H,32,36)/p+1/t24-,25-,27-,31+/m1/s1. The first-order chi connectivity index (χ1) is 17.3. The topological polar surface area (TPSA) is 67.7 Å². The first kappa shape index (κ1) is 22.6. The van der Waals surface area contributed by atoms with Crippen LogP contribution in [0, 0.1) is 11.3 Å². The fourth-order valence-corrected chi connectivity index (χ4v) is 6.62. The molecule has 1 spiro atoms. The lowest BCUT2D eigenvalue weighted by atomic mass is 9.62. The molecule has 1 saturated heterocycles. The fraction of sp³-hybridized carbons (Fsp3) is 0.258. The molecule has 3 heterocycles. The molecule has 0 radical (unpaired) electrons. The minimum absolute atomic E-state index is 0.0186. The summed E-state index contributed by atoms with van der Waals surface area (Å²) in [6.07, 6.45) is 4.02. The maximum absolute atomic E-state index is 14.5. The number of carbonyl (C=O) groups is 3. The lowest BCUT2D eigenvalue weighted by molar-refractivity contribution is -0.885. The van der Waals surface area contributed by atoms with Gasteiger partial charge in [-0.15, -0.1) is 0 Å². The van der Waals surface area contributed by atoms with Crippen LogP contribution < -0.4 is 10.2 Å². The number of para-hydroxylation sites is 1. The SMILES string of the molecule is CC(C)(C)C(=O)[C@H]1[C@H](C(=O)c2ccccc2)[C@]2(C(=O)Nc3ccccc32)[C@H]2c3ccccc3C=C[NH+]12. The molecule has 5 atom stereocenters. The molecule has 0 aromatic heterocycles. The van der Waals surface area contributed by atoms with Gasteiger partial charge in [-0.2, -0.15) is 0 Å².